The summed E-state index contributed by atoms with van der Waals surface area (Å²) < 4.78 is 2.47. The number of carbonyl (C=O) groups is 1. The molecule has 0 unspecified atom stereocenters. The van der Waals surface area contributed by atoms with E-state index in [0.717, 1.165) is 32.4 Å². The SMILES string of the molecule is CCc1ccc(-c2csc3ncn(CC(=O)Nc4ccc(I)cc4C)c(=O)c23)cc1. The summed E-state index contributed by atoms with van der Waals surface area (Å²) >= 11 is 3.67. The number of hydrogen-bond donors (Lipinski definition) is 1. The van der Waals surface area contributed by atoms with Crippen molar-refractivity contribution in [2.75, 3.05) is 5.32 Å². The minimum atomic E-state index is -0.258. The number of thiophene rings is 1. The predicted octanol–water partition coefficient (Wildman–Crippen LogP) is 5.24. The van der Waals surface area contributed by atoms with Gasteiger partial charge >= 0.3 is 0 Å². The van der Waals surface area contributed by atoms with Crippen LogP contribution in [0.2, 0.25) is 0 Å². The molecule has 0 fully saturated rings. The quantitative estimate of drug-likeness (QED) is 0.360. The Morgan fingerprint density at radius 3 is 2.67 bits per heavy atom. The number of anilines is 1. The molecule has 0 saturated heterocycles. The van der Waals surface area contributed by atoms with Gasteiger partial charge in [0.15, 0.2) is 0 Å². The van der Waals surface area contributed by atoms with Crippen molar-refractivity contribution in [1.82, 2.24) is 9.55 Å². The van der Waals surface area contributed by atoms with Gasteiger partial charge in [0.25, 0.3) is 5.56 Å². The van der Waals surface area contributed by atoms with Crippen LogP contribution in [0.5, 0.6) is 0 Å². The van der Waals surface area contributed by atoms with E-state index in [2.05, 4.69) is 51.9 Å². The molecule has 1 amide bonds. The maximum Gasteiger partial charge on any atom is 0.263 e. The number of nitrogens with zero attached hydrogens (tertiary/aromatic N) is 2. The number of benzene rings is 2. The van der Waals surface area contributed by atoms with Gasteiger partial charge in [0, 0.05) is 20.2 Å². The molecule has 4 rings (SSSR count). The van der Waals surface area contributed by atoms with Crippen LogP contribution in [0.3, 0.4) is 0 Å². The molecule has 0 spiro atoms. The summed E-state index contributed by atoms with van der Waals surface area (Å²) in [7, 11) is 0. The highest BCUT2D eigenvalue weighted by atomic mass is 127. The van der Waals surface area contributed by atoms with E-state index in [-0.39, 0.29) is 18.0 Å². The van der Waals surface area contributed by atoms with Gasteiger partial charge in [0.05, 0.1) is 11.7 Å². The van der Waals surface area contributed by atoms with E-state index in [1.807, 2.05) is 42.6 Å². The van der Waals surface area contributed by atoms with Gasteiger partial charge in [-0.1, -0.05) is 31.2 Å². The Kier molecular flexibility index (Phi) is 6.01. The molecule has 30 heavy (non-hydrogen) atoms. The second-order valence-corrected chi connectivity index (χ2v) is 9.17. The van der Waals surface area contributed by atoms with Crippen molar-refractivity contribution >= 4 is 55.7 Å². The van der Waals surface area contributed by atoms with E-state index < -0.39 is 0 Å². The van der Waals surface area contributed by atoms with E-state index in [4.69, 9.17) is 0 Å². The molecular formula is C23H20IN3O2S. The molecule has 2 heterocycles. The summed E-state index contributed by atoms with van der Waals surface area (Å²) in [6.07, 6.45) is 2.42. The molecule has 0 aliphatic rings. The van der Waals surface area contributed by atoms with Crippen LogP contribution < -0.4 is 10.9 Å². The minimum Gasteiger partial charge on any atom is -0.324 e. The number of nitrogens with one attached hydrogen (secondary N) is 1. The van der Waals surface area contributed by atoms with Crippen molar-refractivity contribution < 1.29 is 4.79 Å². The fourth-order valence-corrected chi connectivity index (χ4v) is 4.88. The van der Waals surface area contributed by atoms with Crippen molar-refractivity contribution in [3.05, 3.63) is 79.2 Å². The monoisotopic (exact) mass is 529 g/mol. The summed E-state index contributed by atoms with van der Waals surface area (Å²) in [4.78, 5) is 30.8. The third-order valence-electron chi connectivity index (χ3n) is 5.01. The molecule has 0 aliphatic carbocycles. The molecule has 1 N–H and O–H groups in total. The zero-order valence-corrected chi connectivity index (χ0v) is 19.6. The van der Waals surface area contributed by atoms with Crippen molar-refractivity contribution in [2.45, 2.75) is 26.8 Å². The maximum absolute atomic E-state index is 13.2. The molecule has 2 aromatic carbocycles. The van der Waals surface area contributed by atoms with Crippen LogP contribution in [0.25, 0.3) is 21.3 Å². The molecule has 0 aliphatic heterocycles. The highest BCUT2D eigenvalue weighted by molar-refractivity contribution is 14.1. The molecular weight excluding hydrogens is 509 g/mol. The van der Waals surface area contributed by atoms with Crippen molar-refractivity contribution in [1.29, 1.82) is 0 Å². The smallest absolute Gasteiger partial charge is 0.263 e. The Labute approximate surface area is 191 Å². The molecule has 152 valence electrons. The molecule has 7 heteroatoms. The number of rotatable bonds is 5. The molecule has 2 aromatic heterocycles. The Hall–Kier alpha value is -2.52. The van der Waals surface area contributed by atoms with E-state index in [1.165, 1.54) is 27.8 Å². The number of halogens is 1. The fraction of sp³-hybridized carbons (Fsp3) is 0.174. The molecule has 0 radical (unpaired) electrons. The van der Waals surface area contributed by atoms with Gasteiger partial charge in [-0.25, -0.2) is 4.98 Å². The lowest BCUT2D eigenvalue weighted by Gasteiger charge is -2.10. The topological polar surface area (TPSA) is 64.0 Å². The minimum absolute atomic E-state index is 0.0861. The number of amides is 1. The molecule has 0 atom stereocenters. The third kappa shape index (κ3) is 4.17. The van der Waals surface area contributed by atoms with Crippen LogP contribution in [0.15, 0.2) is 59.0 Å². The van der Waals surface area contributed by atoms with Crippen molar-refractivity contribution in [3.8, 4) is 11.1 Å². The second kappa shape index (κ2) is 8.69. The first kappa shape index (κ1) is 20.7. The Bertz CT molecular complexity index is 1290. The average molecular weight is 529 g/mol. The van der Waals surface area contributed by atoms with Crippen LogP contribution in [0, 0.1) is 10.5 Å². The average Bonchev–Trinajstić information content (AvgIpc) is 3.17. The zero-order valence-electron chi connectivity index (χ0n) is 16.6. The van der Waals surface area contributed by atoms with Crippen LogP contribution >= 0.6 is 33.9 Å². The summed E-state index contributed by atoms with van der Waals surface area (Å²) in [6.45, 7) is 3.97. The predicted molar refractivity (Wildman–Crippen MR) is 131 cm³/mol. The standard InChI is InChI=1S/C23H20IN3O2S/c1-3-15-4-6-16(7-5-15)18-12-30-22-21(18)23(29)27(13-25-22)11-20(28)26-19-9-8-17(24)10-14(19)2/h4-10,12-13H,3,11H2,1-2H3,(H,26,28). The molecule has 0 saturated carbocycles. The Morgan fingerprint density at radius 2 is 1.97 bits per heavy atom. The Balaban J connectivity index is 1.64. The van der Waals surface area contributed by atoms with E-state index in [1.54, 1.807) is 0 Å². The summed E-state index contributed by atoms with van der Waals surface area (Å²) in [5, 5.41) is 5.40. The Morgan fingerprint density at radius 1 is 1.20 bits per heavy atom. The zero-order chi connectivity index (χ0) is 21.3. The van der Waals surface area contributed by atoms with Gasteiger partial charge in [-0.2, -0.15) is 0 Å². The lowest BCUT2D eigenvalue weighted by Crippen LogP contribution is -2.28. The van der Waals surface area contributed by atoms with Crippen LogP contribution in [-0.2, 0) is 17.8 Å². The number of hydrogen-bond acceptors (Lipinski definition) is 4. The second-order valence-electron chi connectivity index (χ2n) is 7.07. The van der Waals surface area contributed by atoms with Crippen molar-refractivity contribution in [2.24, 2.45) is 0 Å². The summed E-state index contributed by atoms with van der Waals surface area (Å²) in [5.41, 5.74) is 4.61. The van der Waals surface area contributed by atoms with Crippen LogP contribution in [-0.4, -0.2) is 15.5 Å². The van der Waals surface area contributed by atoms with Crippen molar-refractivity contribution in [3.63, 3.8) is 0 Å². The van der Waals surface area contributed by atoms with Crippen LogP contribution in [0.4, 0.5) is 5.69 Å². The molecule has 4 aromatic rings. The van der Waals surface area contributed by atoms with Crippen LogP contribution in [0.1, 0.15) is 18.1 Å². The lowest BCUT2D eigenvalue weighted by molar-refractivity contribution is -0.116. The van der Waals surface area contributed by atoms with Gasteiger partial charge in [-0.05, 0) is 70.8 Å². The van der Waals surface area contributed by atoms with Gasteiger partial charge in [0.2, 0.25) is 5.91 Å². The fourth-order valence-electron chi connectivity index (χ4n) is 3.32. The first-order valence-corrected chi connectivity index (χ1v) is 11.5. The highest BCUT2D eigenvalue weighted by Gasteiger charge is 2.15. The van der Waals surface area contributed by atoms with Gasteiger partial charge in [0.1, 0.15) is 11.4 Å². The maximum atomic E-state index is 13.2. The lowest BCUT2D eigenvalue weighted by atomic mass is 10.0. The third-order valence-corrected chi connectivity index (χ3v) is 6.57. The number of aromatic nitrogens is 2. The molecule has 0 bridgehead atoms. The highest BCUT2D eigenvalue weighted by Crippen LogP contribution is 2.30. The summed E-state index contributed by atoms with van der Waals surface area (Å²) in [5.74, 6) is -0.258. The van der Waals surface area contributed by atoms with E-state index in [9.17, 15) is 9.59 Å². The van der Waals surface area contributed by atoms with E-state index >= 15 is 0 Å². The normalized spacial score (nSPS) is 11.0. The first-order chi connectivity index (χ1) is 14.5. The number of carbonyl (C=O) groups excluding carboxylic acids is 1. The summed E-state index contributed by atoms with van der Waals surface area (Å²) in [6, 6.07) is 14.0. The largest absolute Gasteiger partial charge is 0.324 e. The van der Waals surface area contributed by atoms with Gasteiger partial charge < -0.3 is 5.32 Å². The van der Waals surface area contributed by atoms with E-state index in [0.29, 0.717) is 10.2 Å². The number of fused-ring (bicyclic) bond motifs is 1. The number of aryl methyl sites for hydroxylation is 2. The van der Waals surface area contributed by atoms with Gasteiger partial charge in [-0.15, -0.1) is 11.3 Å². The first-order valence-electron chi connectivity index (χ1n) is 9.58. The molecule has 5 nitrogen and oxygen atoms in total. The van der Waals surface area contributed by atoms with Gasteiger partial charge in [-0.3, -0.25) is 14.2 Å².